The third kappa shape index (κ3) is 5.66. The molecule has 1 amide bonds. The highest BCUT2D eigenvalue weighted by Crippen LogP contribution is 2.30. The van der Waals surface area contributed by atoms with E-state index in [0.717, 1.165) is 11.3 Å². The van der Waals surface area contributed by atoms with E-state index in [-0.39, 0.29) is 17.8 Å². The summed E-state index contributed by atoms with van der Waals surface area (Å²) in [7, 11) is 4.95. The molecule has 32 heavy (non-hydrogen) atoms. The molecule has 8 nitrogen and oxygen atoms in total. The van der Waals surface area contributed by atoms with Gasteiger partial charge in [-0.25, -0.2) is 0 Å². The molecule has 0 radical (unpaired) electrons. The Morgan fingerprint density at radius 1 is 1.16 bits per heavy atom. The van der Waals surface area contributed by atoms with Gasteiger partial charge in [0.25, 0.3) is 0 Å². The van der Waals surface area contributed by atoms with E-state index in [0.29, 0.717) is 33.2 Å². The maximum atomic E-state index is 12.5. The second-order valence-corrected chi connectivity index (χ2v) is 8.35. The molecule has 1 N–H and O–H groups in total. The van der Waals surface area contributed by atoms with Crippen LogP contribution in [0.25, 0.3) is 0 Å². The number of hydrogen-bond acceptors (Lipinski definition) is 7. The molecule has 1 aromatic heterocycles. The normalized spacial score (nSPS) is 11.7. The first-order chi connectivity index (χ1) is 15.3. The molecular weight excluding hydrogens is 452 g/mol. The quantitative estimate of drug-likeness (QED) is 0.449. The Kier molecular flexibility index (Phi) is 7.87. The van der Waals surface area contributed by atoms with Gasteiger partial charge in [0.05, 0.1) is 25.7 Å². The number of thioether (sulfide) groups is 1. The van der Waals surface area contributed by atoms with Crippen LogP contribution in [0.2, 0.25) is 5.02 Å². The number of aryl methyl sites for hydroxylation is 1. The number of carbonyl (C=O) groups excluding carboxylic acids is 1. The van der Waals surface area contributed by atoms with Gasteiger partial charge in [0.2, 0.25) is 5.91 Å². The Bertz CT molecular complexity index is 1110. The van der Waals surface area contributed by atoms with Crippen LogP contribution in [-0.4, -0.2) is 40.6 Å². The van der Waals surface area contributed by atoms with E-state index in [1.54, 1.807) is 31.4 Å². The van der Waals surface area contributed by atoms with Crippen LogP contribution in [-0.2, 0) is 11.8 Å². The van der Waals surface area contributed by atoms with E-state index >= 15 is 0 Å². The number of amides is 1. The maximum Gasteiger partial charge on any atom is 0.234 e. The summed E-state index contributed by atoms with van der Waals surface area (Å²) in [5.74, 6) is 2.51. The zero-order chi connectivity index (χ0) is 23.3. The topological polar surface area (TPSA) is 87.5 Å². The fourth-order valence-electron chi connectivity index (χ4n) is 3.01. The second kappa shape index (κ2) is 10.6. The molecule has 3 aromatic rings. The van der Waals surface area contributed by atoms with Crippen LogP contribution in [0.1, 0.15) is 24.4 Å². The highest BCUT2D eigenvalue weighted by atomic mass is 35.5. The van der Waals surface area contributed by atoms with E-state index in [1.165, 1.54) is 18.9 Å². The van der Waals surface area contributed by atoms with Crippen molar-refractivity contribution in [1.82, 2.24) is 14.8 Å². The molecule has 0 aliphatic carbocycles. The highest BCUT2D eigenvalue weighted by Gasteiger charge is 2.19. The average Bonchev–Trinajstić information content (AvgIpc) is 3.14. The van der Waals surface area contributed by atoms with Crippen LogP contribution in [0, 0.1) is 6.92 Å². The monoisotopic (exact) mass is 476 g/mol. The highest BCUT2D eigenvalue weighted by molar-refractivity contribution is 7.99. The third-order valence-corrected chi connectivity index (χ3v) is 5.94. The number of methoxy groups -OCH3 is 2. The van der Waals surface area contributed by atoms with Gasteiger partial charge < -0.3 is 24.1 Å². The minimum absolute atomic E-state index is 0.159. The summed E-state index contributed by atoms with van der Waals surface area (Å²) in [5, 5.41) is 12.6. The minimum atomic E-state index is -0.334. The van der Waals surface area contributed by atoms with Gasteiger partial charge in [0.15, 0.2) is 17.1 Å². The lowest BCUT2D eigenvalue weighted by Gasteiger charge is -2.16. The summed E-state index contributed by atoms with van der Waals surface area (Å²) in [5.41, 5.74) is 1.50. The first kappa shape index (κ1) is 23.7. The molecule has 170 valence electrons. The number of halogens is 1. The number of benzene rings is 2. The summed E-state index contributed by atoms with van der Waals surface area (Å²) >= 11 is 7.29. The van der Waals surface area contributed by atoms with Crippen molar-refractivity contribution in [1.29, 1.82) is 0 Å². The van der Waals surface area contributed by atoms with Gasteiger partial charge in [0.1, 0.15) is 17.2 Å². The van der Waals surface area contributed by atoms with Crippen molar-refractivity contribution in [3.8, 4) is 17.2 Å². The van der Waals surface area contributed by atoms with E-state index in [2.05, 4.69) is 15.5 Å². The molecule has 0 aliphatic rings. The van der Waals surface area contributed by atoms with Crippen molar-refractivity contribution in [3.05, 3.63) is 52.8 Å². The number of nitrogens with zero attached hydrogens (tertiary/aromatic N) is 3. The Balaban J connectivity index is 1.61. The van der Waals surface area contributed by atoms with E-state index in [1.807, 2.05) is 37.6 Å². The van der Waals surface area contributed by atoms with Crippen molar-refractivity contribution < 1.29 is 19.0 Å². The van der Waals surface area contributed by atoms with Crippen molar-refractivity contribution in [2.24, 2.45) is 7.05 Å². The predicted octanol–water partition coefficient (Wildman–Crippen LogP) is 4.66. The van der Waals surface area contributed by atoms with Crippen molar-refractivity contribution in [3.63, 3.8) is 0 Å². The number of anilines is 1. The van der Waals surface area contributed by atoms with Crippen LogP contribution in [0.3, 0.4) is 0 Å². The zero-order valence-corrected chi connectivity index (χ0v) is 20.1. The Labute approximate surface area is 196 Å². The minimum Gasteiger partial charge on any atom is -0.497 e. The molecule has 0 bridgehead atoms. The van der Waals surface area contributed by atoms with Crippen LogP contribution < -0.4 is 19.5 Å². The Morgan fingerprint density at radius 3 is 2.62 bits per heavy atom. The molecule has 0 saturated heterocycles. The predicted molar refractivity (Wildman–Crippen MR) is 125 cm³/mol. The Hall–Kier alpha value is -2.91. The van der Waals surface area contributed by atoms with Gasteiger partial charge in [-0.3, -0.25) is 4.79 Å². The van der Waals surface area contributed by atoms with Gasteiger partial charge >= 0.3 is 0 Å². The summed E-state index contributed by atoms with van der Waals surface area (Å²) in [6.07, 6.45) is -0.334. The lowest BCUT2D eigenvalue weighted by Crippen LogP contribution is -2.15. The molecule has 0 spiro atoms. The number of aromatic nitrogens is 3. The molecule has 0 fully saturated rings. The van der Waals surface area contributed by atoms with E-state index in [9.17, 15) is 4.79 Å². The van der Waals surface area contributed by atoms with Crippen LogP contribution in [0.4, 0.5) is 5.69 Å². The first-order valence-corrected chi connectivity index (χ1v) is 11.2. The smallest absolute Gasteiger partial charge is 0.234 e. The fourth-order valence-corrected chi connectivity index (χ4v) is 3.96. The van der Waals surface area contributed by atoms with E-state index in [4.69, 9.17) is 25.8 Å². The Morgan fingerprint density at radius 2 is 1.94 bits per heavy atom. The number of carbonyl (C=O) groups is 1. The van der Waals surface area contributed by atoms with Crippen molar-refractivity contribution >= 4 is 35.0 Å². The summed E-state index contributed by atoms with van der Waals surface area (Å²) < 4.78 is 18.3. The molecule has 1 unspecified atom stereocenters. The number of nitrogens with one attached hydrogen (secondary N) is 1. The average molecular weight is 477 g/mol. The first-order valence-electron chi connectivity index (χ1n) is 9.79. The third-order valence-electron chi connectivity index (χ3n) is 4.69. The van der Waals surface area contributed by atoms with Crippen molar-refractivity contribution in [2.45, 2.75) is 25.1 Å². The number of ether oxygens (including phenoxy) is 3. The summed E-state index contributed by atoms with van der Waals surface area (Å²) in [6, 6.07) is 10.7. The lowest BCUT2D eigenvalue weighted by molar-refractivity contribution is -0.113. The van der Waals surface area contributed by atoms with Crippen LogP contribution in [0.5, 0.6) is 17.2 Å². The maximum absolute atomic E-state index is 12.5. The molecular formula is C22H25ClN4O4S. The molecule has 10 heteroatoms. The molecule has 0 aliphatic heterocycles. The van der Waals surface area contributed by atoms with Crippen LogP contribution in [0.15, 0.2) is 41.6 Å². The van der Waals surface area contributed by atoms with Gasteiger partial charge in [-0.15, -0.1) is 10.2 Å². The van der Waals surface area contributed by atoms with Crippen molar-refractivity contribution in [2.75, 3.05) is 25.3 Å². The fraction of sp³-hybridized carbons (Fsp3) is 0.318. The summed E-state index contributed by atoms with van der Waals surface area (Å²) in [6.45, 7) is 3.83. The van der Waals surface area contributed by atoms with Crippen LogP contribution >= 0.6 is 23.4 Å². The molecule has 1 atom stereocenters. The largest absolute Gasteiger partial charge is 0.497 e. The second-order valence-electron chi connectivity index (χ2n) is 6.97. The standard InChI is InChI=1S/C22H25ClN4O4S/c1-13-10-15(23)6-9-18(13)31-14(2)21-25-26-22(27(21)3)32-12-20(28)24-17-8-7-16(29-4)11-19(17)30-5/h6-11,14H,12H2,1-5H3,(H,24,28). The van der Waals surface area contributed by atoms with Gasteiger partial charge in [-0.1, -0.05) is 23.4 Å². The van der Waals surface area contributed by atoms with Gasteiger partial charge in [0, 0.05) is 18.1 Å². The molecule has 1 heterocycles. The molecule has 3 rings (SSSR count). The zero-order valence-electron chi connectivity index (χ0n) is 18.5. The molecule has 2 aromatic carbocycles. The number of hydrogen-bond donors (Lipinski definition) is 1. The molecule has 0 saturated carbocycles. The van der Waals surface area contributed by atoms with Gasteiger partial charge in [-0.2, -0.15) is 0 Å². The van der Waals surface area contributed by atoms with E-state index < -0.39 is 0 Å². The number of rotatable bonds is 9. The lowest BCUT2D eigenvalue weighted by atomic mass is 10.2. The SMILES string of the molecule is COc1ccc(NC(=O)CSc2nnc(C(C)Oc3ccc(Cl)cc3C)n2C)c(OC)c1. The summed E-state index contributed by atoms with van der Waals surface area (Å²) in [4.78, 5) is 12.5. The van der Waals surface area contributed by atoms with Gasteiger partial charge in [-0.05, 0) is 49.7 Å².